The minimum absolute atomic E-state index is 0.0808. The number of halogens is 4. The number of alkyl halides is 3. The van der Waals surface area contributed by atoms with Crippen molar-refractivity contribution in [3.05, 3.63) is 64.2 Å². The summed E-state index contributed by atoms with van der Waals surface area (Å²) in [4.78, 5) is 17.3. The maximum Gasteiger partial charge on any atom is 0.416 e. The average Bonchev–Trinajstić information content (AvgIpc) is 3.55. The van der Waals surface area contributed by atoms with E-state index in [4.69, 9.17) is 21.1 Å². The number of carbonyl (C=O) groups is 1. The summed E-state index contributed by atoms with van der Waals surface area (Å²) in [5.41, 5.74) is -0.252. The number of carbonyl (C=O) groups excluding carboxylic acids is 1. The van der Waals surface area contributed by atoms with Gasteiger partial charge in [0.05, 0.1) is 29.4 Å². The highest BCUT2D eigenvalue weighted by atomic mass is 35.5. The zero-order valence-corrected chi connectivity index (χ0v) is 27.8. The lowest BCUT2D eigenvalue weighted by Crippen LogP contribution is -2.49. The Balaban J connectivity index is 1.19. The molecule has 3 saturated heterocycles. The van der Waals surface area contributed by atoms with Crippen molar-refractivity contribution in [2.75, 3.05) is 59.1 Å². The van der Waals surface area contributed by atoms with Crippen molar-refractivity contribution in [1.82, 2.24) is 14.1 Å². The third-order valence-corrected chi connectivity index (χ3v) is 12.1. The van der Waals surface area contributed by atoms with E-state index in [0.717, 1.165) is 57.5 Å². The maximum atomic E-state index is 13.6. The first-order valence-electron chi connectivity index (χ1n) is 16.1. The van der Waals surface area contributed by atoms with Crippen LogP contribution in [0.5, 0.6) is 0 Å². The number of piperidine rings is 2. The number of benzene rings is 2. The van der Waals surface area contributed by atoms with E-state index in [0.29, 0.717) is 56.6 Å². The number of hydrogen-bond donors (Lipinski definition) is 0. The van der Waals surface area contributed by atoms with Crippen molar-refractivity contribution in [2.24, 2.45) is 0 Å². The summed E-state index contributed by atoms with van der Waals surface area (Å²) in [6.07, 6.45) is 0.956. The van der Waals surface area contributed by atoms with Gasteiger partial charge in [-0.05, 0) is 87.9 Å². The molecule has 13 heteroatoms. The molecule has 3 fully saturated rings. The van der Waals surface area contributed by atoms with Crippen LogP contribution in [0.3, 0.4) is 0 Å². The molecule has 5 rings (SSSR count). The molecule has 0 spiro atoms. The second-order valence-electron chi connectivity index (χ2n) is 12.5. The number of sulfonamides is 1. The lowest BCUT2D eigenvalue weighted by Gasteiger charge is -2.42. The Morgan fingerprint density at radius 3 is 2.30 bits per heavy atom. The minimum Gasteiger partial charge on any atom is -0.370 e. The first-order valence-corrected chi connectivity index (χ1v) is 17.9. The van der Waals surface area contributed by atoms with E-state index in [-0.39, 0.29) is 29.0 Å². The summed E-state index contributed by atoms with van der Waals surface area (Å²) in [5, 5.41) is 0.179. The molecular formula is C33H43ClF3N3O5S. The molecule has 8 nitrogen and oxygen atoms in total. The molecule has 2 aromatic carbocycles. The number of amides is 1. The number of ether oxygens (including phenoxy) is 2. The number of likely N-dealkylation sites (tertiary alicyclic amines) is 2. The van der Waals surface area contributed by atoms with E-state index in [9.17, 15) is 26.4 Å². The Morgan fingerprint density at radius 1 is 0.978 bits per heavy atom. The van der Waals surface area contributed by atoms with Crippen LogP contribution in [-0.4, -0.2) is 93.6 Å². The zero-order valence-electron chi connectivity index (χ0n) is 26.2. The van der Waals surface area contributed by atoms with Crippen molar-refractivity contribution in [1.29, 1.82) is 0 Å². The first kappa shape index (κ1) is 35.1. The van der Waals surface area contributed by atoms with Gasteiger partial charge in [-0.3, -0.25) is 4.79 Å². The van der Waals surface area contributed by atoms with E-state index in [1.54, 1.807) is 30.0 Å². The van der Waals surface area contributed by atoms with E-state index in [1.807, 2.05) is 0 Å². The van der Waals surface area contributed by atoms with Crippen LogP contribution in [0.15, 0.2) is 47.4 Å². The van der Waals surface area contributed by atoms with Gasteiger partial charge in [-0.15, -0.1) is 0 Å². The second-order valence-corrected chi connectivity index (χ2v) is 14.7. The van der Waals surface area contributed by atoms with E-state index in [2.05, 4.69) is 4.90 Å². The van der Waals surface area contributed by atoms with Gasteiger partial charge in [-0.1, -0.05) is 42.3 Å². The fourth-order valence-electron chi connectivity index (χ4n) is 6.86. The largest absolute Gasteiger partial charge is 0.416 e. The van der Waals surface area contributed by atoms with Gasteiger partial charge >= 0.3 is 6.18 Å². The van der Waals surface area contributed by atoms with Crippen molar-refractivity contribution in [3.63, 3.8) is 0 Å². The molecule has 1 atom stereocenters. The Labute approximate surface area is 274 Å². The van der Waals surface area contributed by atoms with Crippen molar-refractivity contribution in [3.8, 4) is 0 Å². The highest BCUT2D eigenvalue weighted by molar-refractivity contribution is 7.89. The van der Waals surface area contributed by atoms with Crippen LogP contribution < -0.4 is 0 Å². The molecule has 1 unspecified atom stereocenters. The standard InChI is InChI=1S/C33H43ClF3N3O5S/c1-25-7-6-9-29(34)31(25)46(42,43)40-18-3-2-8-28(40)23-44-24-30(41)39-19-14-32(15-20-39,45-22-21-38-16-4-5-17-38)26-10-12-27(13-11-26)33(35,36)37/h6-7,9-13,28H,2-5,8,14-24H2,1H3. The summed E-state index contributed by atoms with van der Waals surface area (Å²) in [7, 11) is -3.86. The van der Waals surface area contributed by atoms with Crippen molar-refractivity contribution >= 4 is 27.5 Å². The van der Waals surface area contributed by atoms with Crippen LogP contribution in [0.4, 0.5) is 13.2 Å². The zero-order chi connectivity index (χ0) is 33.0. The van der Waals surface area contributed by atoms with E-state index in [1.165, 1.54) is 16.4 Å². The molecule has 46 heavy (non-hydrogen) atoms. The quantitative estimate of drug-likeness (QED) is 0.295. The van der Waals surface area contributed by atoms with Gasteiger partial charge in [0.25, 0.3) is 0 Å². The molecule has 0 bridgehead atoms. The fraction of sp³-hybridized carbons (Fsp3) is 0.606. The van der Waals surface area contributed by atoms with Crippen molar-refractivity contribution in [2.45, 2.75) is 74.6 Å². The molecule has 3 heterocycles. The Bertz CT molecular complexity index is 1420. The Kier molecular flexibility index (Phi) is 11.4. The summed E-state index contributed by atoms with van der Waals surface area (Å²) in [6, 6.07) is 9.76. The third kappa shape index (κ3) is 8.07. The number of nitrogens with zero attached hydrogens (tertiary/aromatic N) is 3. The predicted octanol–water partition coefficient (Wildman–Crippen LogP) is 5.86. The molecule has 0 N–H and O–H groups in total. The highest BCUT2D eigenvalue weighted by Crippen LogP contribution is 2.39. The molecule has 2 aromatic rings. The van der Waals surface area contributed by atoms with Crippen LogP contribution in [-0.2, 0) is 36.1 Å². The van der Waals surface area contributed by atoms with Gasteiger partial charge in [0.2, 0.25) is 15.9 Å². The van der Waals surface area contributed by atoms with Gasteiger partial charge in [0, 0.05) is 32.2 Å². The summed E-state index contributed by atoms with van der Waals surface area (Å²) in [6.45, 7) is 5.92. The van der Waals surface area contributed by atoms with Crippen LogP contribution in [0, 0.1) is 6.92 Å². The lowest BCUT2D eigenvalue weighted by molar-refractivity contribution is -0.145. The van der Waals surface area contributed by atoms with Gasteiger partial charge in [-0.25, -0.2) is 8.42 Å². The molecule has 254 valence electrons. The van der Waals surface area contributed by atoms with Gasteiger partial charge < -0.3 is 19.3 Å². The highest BCUT2D eigenvalue weighted by Gasteiger charge is 2.40. The van der Waals surface area contributed by atoms with Gasteiger partial charge in [0.1, 0.15) is 11.5 Å². The van der Waals surface area contributed by atoms with Gasteiger partial charge in [0.15, 0.2) is 0 Å². The SMILES string of the molecule is Cc1cccc(Cl)c1S(=O)(=O)N1CCCCC1COCC(=O)N1CCC(OCCN2CCCC2)(c2ccc(C(F)(F)F)cc2)CC1. The topological polar surface area (TPSA) is 79.4 Å². The Hall–Kier alpha value is -2.22. The monoisotopic (exact) mass is 685 g/mol. The molecule has 0 saturated carbocycles. The molecule has 3 aliphatic rings. The number of rotatable bonds is 11. The number of aryl methyl sites for hydroxylation is 1. The predicted molar refractivity (Wildman–Crippen MR) is 169 cm³/mol. The number of hydrogen-bond acceptors (Lipinski definition) is 6. The van der Waals surface area contributed by atoms with Gasteiger partial charge in [-0.2, -0.15) is 17.5 Å². The van der Waals surface area contributed by atoms with E-state index < -0.39 is 33.4 Å². The third-order valence-electron chi connectivity index (χ3n) is 9.49. The first-order chi connectivity index (χ1) is 21.9. The summed E-state index contributed by atoms with van der Waals surface area (Å²) in [5.74, 6) is -0.217. The molecule has 1 amide bonds. The summed E-state index contributed by atoms with van der Waals surface area (Å²) >= 11 is 6.31. The minimum atomic E-state index is -4.43. The molecule has 0 aromatic heterocycles. The van der Waals surface area contributed by atoms with Crippen LogP contribution in [0.1, 0.15) is 61.6 Å². The van der Waals surface area contributed by atoms with Crippen molar-refractivity contribution < 1.29 is 35.9 Å². The Morgan fingerprint density at radius 2 is 1.65 bits per heavy atom. The summed E-state index contributed by atoms with van der Waals surface area (Å²) < 4.78 is 80.8. The van der Waals surface area contributed by atoms with E-state index >= 15 is 0 Å². The lowest BCUT2D eigenvalue weighted by atomic mass is 9.83. The van der Waals surface area contributed by atoms with Crippen LogP contribution in [0.2, 0.25) is 5.02 Å². The molecule has 3 aliphatic heterocycles. The maximum absolute atomic E-state index is 13.6. The molecule has 0 radical (unpaired) electrons. The normalized spacial score (nSPS) is 21.5. The average molecular weight is 686 g/mol. The molecule has 0 aliphatic carbocycles. The smallest absolute Gasteiger partial charge is 0.370 e. The molecular weight excluding hydrogens is 643 g/mol. The second kappa shape index (κ2) is 14.9. The van der Waals surface area contributed by atoms with Crippen LogP contribution >= 0.6 is 11.6 Å². The fourth-order valence-corrected chi connectivity index (χ4v) is 9.33. The van der Waals surface area contributed by atoms with Crippen LogP contribution in [0.25, 0.3) is 0 Å².